The fraction of sp³-hybridized carbons (Fsp3) is 0.0435. The van der Waals surface area contributed by atoms with Crippen molar-refractivity contribution < 1.29 is 23.5 Å². The highest BCUT2D eigenvalue weighted by atomic mass is 35.5. The number of hydrogen-bond acceptors (Lipinski definition) is 5. The van der Waals surface area contributed by atoms with Gasteiger partial charge in [0.05, 0.1) is 16.9 Å². The summed E-state index contributed by atoms with van der Waals surface area (Å²) < 4.78 is 18.3. The molecule has 0 heterocycles. The molecule has 0 aliphatic heterocycles. The molecule has 0 aliphatic carbocycles. The number of hydrazone groups is 1. The molecule has 10 heteroatoms. The van der Waals surface area contributed by atoms with Crippen molar-refractivity contribution in [2.75, 3.05) is 17.2 Å². The topological polar surface area (TPSA) is 109 Å². The van der Waals surface area contributed by atoms with Crippen molar-refractivity contribution >= 4 is 46.9 Å². The van der Waals surface area contributed by atoms with Crippen molar-refractivity contribution in [3.8, 4) is 5.75 Å². The van der Waals surface area contributed by atoms with E-state index in [0.717, 1.165) is 12.1 Å². The number of nitrogens with zero attached hydrogens (tertiary/aromatic N) is 1. The van der Waals surface area contributed by atoms with Gasteiger partial charge in [-0.05, 0) is 66.2 Å². The van der Waals surface area contributed by atoms with Crippen LogP contribution >= 0.6 is 11.6 Å². The van der Waals surface area contributed by atoms with Crippen LogP contribution in [0.1, 0.15) is 5.56 Å². The number of amides is 3. The van der Waals surface area contributed by atoms with Crippen LogP contribution in [-0.4, -0.2) is 30.5 Å². The second kappa shape index (κ2) is 11.4. The lowest BCUT2D eigenvalue weighted by Crippen LogP contribution is -2.32. The molecule has 0 radical (unpaired) electrons. The van der Waals surface area contributed by atoms with Gasteiger partial charge >= 0.3 is 11.8 Å². The normalized spacial score (nSPS) is 10.5. The lowest BCUT2D eigenvalue weighted by Gasteiger charge is -2.08. The number of carbonyl (C=O) groups is 3. The first-order chi connectivity index (χ1) is 15.9. The van der Waals surface area contributed by atoms with E-state index in [9.17, 15) is 18.8 Å². The molecule has 3 aromatic rings. The molecule has 0 aliphatic rings. The minimum absolute atomic E-state index is 0.210. The fourth-order valence-electron chi connectivity index (χ4n) is 2.49. The molecule has 3 rings (SSSR count). The monoisotopic (exact) mass is 468 g/mol. The molecule has 0 fully saturated rings. The van der Waals surface area contributed by atoms with Crippen molar-refractivity contribution in [3.05, 3.63) is 89.2 Å². The number of anilines is 2. The summed E-state index contributed by atoms with van der Waals surface area (Å²) in [5.41, 5.74) is 3.48. The van der Waals surface area contributed by atoms with Gasteiger partial charge in [-0.2, -0.15) is 5.10 Å². The van der Waals surface area contributed by atoms with Crippen LogP contribution in [0.4, 0.5) is 15.8 Å². The van der Waals surface area contributed by atoms with Crippen LogP contribution in [0.5, 0.6) is 5.75 Å². The summed E-state index contributed by atoms with van der Waals surface area (Å²) in [4.78, 5) is 35.6. The zero-order chi connectivity index (χ0) is 23.6. The number of carbonyl (C=O) groups excluding carboxylic acids is 3. The van der Waals surface area contributed by atoms with E-state index in [4.69, 9.17) is 16.3 Å². The molecule has 0 spiro atoms. The zero-order valence-electron chi connectivity index (χ0n) is 17.0. The van der Waals surface area contributed by atoms with Crippen molar-refractivity contribution in [3.63, 3.8) is 0 Å². The van der Waals surface area contributed by atoms with Gasteiger partial charge in [-0.3, -0.25) is 14.4 Å². The molecule has 168 valence electrons. The minimum Gasteiger partial charge on any atom is -0.484 e. The van der Waals surface area contributed by atoms with Crippen LogP contribution in [0, 0.1) is 5.82 Å². The van der Waals surface area contributed by atoms with Gasteiger partial charge in [-0.15, -0.1) is 0 Å². The maximum Gasteiger partial charge on any atom is 0.329 e. The van der Waals surface area contributed by atoms with Gasteiger partial charge in [-0.1, -0.05) is 23.7 Å². The average molecular weight is 469 g/mol. The van der Waals surface area contributed by atoms with Crippen LogP contribution in [0.15, 0.2) is 77.9 Å². The molecule has 0 saturated heterocycles. The highest BCUT2D eigenvalue weighted by Crippen LogP contribution is 2.20. The number of nitrogens with one attached hydrogen (secondary N) is 3. The smallest absolute Gasteiger partial charge is 0.329 e. The van der Waals surface area contributed by atoms with E-state index < -0.39 is 17.6 Å². The maximum atomic E-state index is 12.9. The molecule has 0 bridgehead atoms. The van der Waals surface area contributed by atoms with Gasteiger partial charge in [-0.25, -0.2) is 9.82 Å². The quantitative estimate of drug-likeness (QED) is 0.280. The van der Waals surface area contributed by atoms with E-state index in [2.05, 4.69) is 21.2 Å². The Morgan fingerprint density at radius 3 is 2.30 bits per heavy atom. The Morgan fingerprint density at radius 1 is 0.909 bits per heavy atom. The van der Waals surface area contributed by atoms with Crippen molar-refractivity contribution in [2.24, 2.45) is 5.10 Å². The van der Waals surface area contributed by atoms with Crippen LogP contribution in [0.3, 0.4) is 0 Å². The lowest BCUT2D eigenvalue weighted by atomic mass is 10.2. The predicted octanol–water partition coefficient (Wildman–Crippen LogP) is 3.59. The molecule has 0 aromatic heterocycles. The largest absolute Gasteiger partial charge is 0.484 e. The Balaban J connectivity index is 1.43. The number of ether oxygens (including phenoxy) is 1. The highest BCUT2D eigenvalue weighted by Gasteiger charge is 2.12. The van der Waals surface area contributed by atoms with E-state index in [1.165, 1.54) is 18.3 Å². The average Bonchev–Trinajstić information content (AvgIpc) is 2.81. The summed E-state index contributed by atoms with van der Waals surface area (Å²) in [7, 11) is 0. The Hall–Kier alpha value is -4.24. The summed E-state index contributed by atoms with van der Waals surface area (Å²) in [5.74, 6) is -2.31. The molecule has 8 nitrogen and oxygen atoms in total. The zero-order valence-corrected chi connectivity index (χ0v) is 17.8. The minimum atomic E-state index is -0.986. The standard InChI is InChI=1S/C23H18ClFN4O4/c24-19-3-1-2-4-20(19)28-21(30)14-33-18-11-5-15(6-12-18)13-26-29-23(32)22(31)27-17-9-7-16(25)8-10-17/h1-13H,14H2,(H,27,31)(H,28,30)(H,29,32)/b26-13-. The Bertz CT molecular complexity index is 1170. The third-order valence-corrected chi connectivity index (χ3v) is 4.42. The molecule has 33 heavy (non-hydrogen) atoms. The SMILES string of the molecule is O=C(COc1ccc(/C=N\NC(=O)C(=O)Nc2ccc(F)cc2)cc1)Nc1ccccc1Cl. The second-order valence-electron chi connectivity index (χ2n) is 6.55. The van der Waals surface area contributed by atoms with Gasteiger partial charge in [0.2, 0.25) is 0 Å². The molecule has 3 N–H and O–H groups in total. The molecule has 3 aromatic carbocycles. The second-order valence-corrected chi connectivity index (χ2v) is 6.95. The summed E-state index contributed by atoms with van der Waals surface area (Å²) in [5, 5.41) is 9.11. The van der Waals surface area contributed by atoms with Gasteiger partial charge in [0.1, 0.15) is 11.6 Å². The van der Waals surface area contributed by atoms with Crippen molar-refractivity contribution in [2.45, 2.75) is 0 Å². The van der Waals surface area contributed by atoms with Crippen LogP contribution in [0.25, 0.3) is 0 Å². The first-order valence-corrected chi connectivity index (χ1v) is 9.96. The lowest BCUT2D eigenvalue weighted by molar-refractivity contribution is -0.136. The predicted molar refractivity (Wildman–Crippen MR) is 123 cm³/mol. The van der Waals surface area contributed by atoms with E-state index in [1.54, 1.807) is 48.5 Å². The molecule has 0 unspecified atom stereocenters. The summed E-state index contributed by atoms with van der Waals surface area (Å²) in [6, 6.07) is 18.4. The number of benzene rings is 3. The van der Waals surface area contributed by atoms with E-state index in [1.807, 2.05) is 0 Å². The van der Waals surface area contributed by atoms with Crippen LogP contribution in [0.2, 0.25) is 5.02 Å². The number of halogens is 2. The molecule has 3 amide bonds. The van der Waals surface area contributed by atoms with Gasteiger partial charge in [0.15, 0.2) is 6.61 Å². The first-order valence-electron chi connectivity index (χ1n) is 9.58. The molecule has 0 saturated carbocycles. The summed E-state index contributed by atoms with van der Waals surface area (Å²) in [6.07, 6.45) is 1.33. The Labute approximate surface area is 193 Å². The van der Waals surface area contributed by atoms with Gasteiger partial charge in [0.25, 0.3) is 5.91 Å². The van der Waals surface area contributed by atoms with Crippen molar-refractivity contribution in [1.82, 2.24) is 5.43 Å². The first kappa shape index (κ1) is 23.4. The van der Waals surface area contributed by atoms with E-state index in [-0.39, 0.29) is 18.2 Å². The summed E-state index contributed by atoms with van der Waals surface area (Å²) in [6.45, 7) is -0.210. The third kappa shape index (κ3) is 7.44. The van der Waals surface area contributed by atoms with E-state index >= 15 is 0 Å². The fourth-order valence-corrected chi connectivity index (χ4v) is 2.67. The van der Waals surface area contributed by atoms with E-state index in [0.29, 0.717) is 22.0 Å². The Morgan fingerprint density at radius 2 is 1.61 bits per heavy atom. The van der Waals surface area contributed by atoms with Crippen molar-refractivity contribution in [1.29, 1.82) is 0 Å². The number of para-hydroxylation sites is 1. The van der Waals surface area contributed by atoms with Gasteiger partial charge < -0.3 is 15.4 Å². The van der Waals surface area contributed by atoms with Gasteiger partial charge in [0, 0.05) is 5.69 Å². The summed E-state index contributed by atoms with van der Waals surface area (Å²) >= 11 is 5.99. The number of hydrogen-bond donors (Lipinski definition) is 3. The van der Waals surface area contributed by atoms with Crippen LogP contribution < -0.4 is 20.8 Å². The molecule has 0 atom stereocenters. The highest BCUT2D eigenvalue weighted by molar-refractivity contribution is 6.39. The maximum absolute atomic E-state index is 12.9. The third-order valence-electron chi connectivity index (χ3n) is 4.09. The number of rotatable bonds is 7. The van der Waals surface area contributed by atoms with Crippen LogP contribution in [-0.2, 0) is 14.4 Å². The molecular weight excluding hydrogens is 451 g/mol. The Kier molecular flexibility index (Phi) is 8.09. The molecular formula is C23H18ClFN4O4.